The SMILES string of the molecule is C#Cc1c(F)ccc2cccc(-c3nc4c5c(nc(OCC67CC(=C)CN6[C@H]6C[C@H]6C7)nc5c3F)N3CC5CCC(N5)C3C(C)O4)c12. The van der Waals surface area contributed by atoms with Crippen LogP contribution < -0.4 is 19.7 Å². The van der Waals surface area contributed by atoms with Crippen molar-refractivity contribution in [1.82, 2.24) is 25.2 Å². The van der Waals surface area contributed by atoms with E-state index in [4.69, 9.17) is 30.8 Å². The van der Waals surface area contributed by atoms with Gasteiger partial charge in [-0.05, 0) is 56.4 Å². The first-order valence-corrected chi connectivity index (χ1v) is 16.7. The first kappa shape index (κ1) is 27.8. The van der Waals surface area contributed by atoms with Crippen LogP contribution in [0.25, 0.3) is 32.9 Å². The van der Waals surface area contributed by atoms with Crippen molar-refractivity contribution in [1.29, 1.82) is 0 Å². The Kier molecular flexibility index (Phi) is 5.68. The summed E-state index contributed by atoms with van der Waals surface area (Å²) in [7, 11) is 0. The van der Waals surface area contributed by atoms with Crippen molar-refractivity contribution in [2.45, 2.75) is 74.8 Å². The fraction of sp³-hybridized carbons (Fsp3) is 0.432. The molecule has 1 saturated carbocycles. The van der Waals surface area contributed by atoms with Gasteiger partial charge in [-0.15, -0.1) is 6.42 Å². The molecule has 2 aromatic carbocycles. The number of terminal acetylenes is 1. The average molecular weight is 633 g/mol. The lowest BCUT2D eigenvalue weighted by Gasteiger charge is -2.42. The summed E-state index contributed by atoms with van der Waals surface area (Å²) >= 11 is 0. The molecular formula is C37H34F2N6O2. The van der Waals surface area contributed by atoms with Crippen LogP contribution in [0.1, 0.15) is 44.6 Å². The number of nitrogens with zero attached hydrogens (tertiary/aromatic N) is 5. The van der Waals surface area contributed by atoms with Gasteiger partial charge in [0.05, 0.1) is 17.1 Å². The van der Waals surface area contributed by atoms with Crippen LogP contribution in [0.3, 0.4) is 0 Å². The fourth-order valence-corrected chi connectivity index (χ4v) is 9.63. The van der Waals surface area contributed by atoms with E-state index >= 15 is 4.39 Å². The maximum atomic E-state index is 17.1. The summed E-state index contributed by atoms with van der Waals surface area (Å²) in [6.07, 6.45) is 10.8. The molecule has 6 aliphatic rings. The van der Waals surface area contributed by atoms with E-state index in [1.807, 2.05) is 13.0 Å². The summed E-state index contributed by atoms with van der Waals surface area (Å²) in [6, 6.07) is 9.48. The third-order valence-electron chi connectivity index (χ3n) is 11.6. The van der Waals surface area contributed by atoms with Gasteiger partial charge >= 0.3 is 6.01 Å². The molecule has 0 amide bonds. The highest BCUT2D eigenvalue weighted by molar-refractivity contribution is 6.03. The van der Waals surface area contributed by atoms with Crippen molar-refractivity contribution < 1.29 is 18.3 Å². The molecule has 2 aromatic heterocycles. The van der Waals surface area contributed by atoms with Gasteiger partial charge < -0.3 is 19.7 Å². The van der Waals surface area contributed by atoms with Crippen molar-refractivity contribution in [3.63, 3.8) is 0 Å². The minimum absolute atomic E-state index is 0.00439. The number of piperazine rings is 1. The molecule has 5 aliphatic heterocycles. The highest BCUT2D eigenvalue weighted by atomic mass is 19.1. The van der Waals surface area contributed by atoms with E-state index in [0.29, 0.717) is 58.7 Å². The number of benzene rings is 2. The molecule has 7 heterocycles. The molecule has 5 fully saturated rings. The fourth-order valence-electron chi connectivity index (χ4n) is 9.63. The Morgan fingerprint density at radius 1 is 1.17 bits per heavy atom. The van der Waals surface area contributed by atoms with Crippen molar-refractivity contribution in [3.8, 4) is 35.5 Å². The molecule has 1 N–H and O–H groups in total. The maximum absolute atomic E-state index is 17.1. The molecule has 10 heteroatoms. The van der Waals surface area contributed by atoms with Crippen molar-refractivity contribution >= 4 is 27.5 Å². The molecule has 47 heavy (non-hydrogen) atoms. The standard InChI is InChI=1S/C37H34F2N6O2/c1-4-23-25(38)10-8-20-6-5-7-24(28(20)23)31-30(39)32-29-34(44-16-22-9-11-26(40-22)33(44)19(3)47-35(29)41-31)43-36(42-32)46-17-37-13-18(2)15-45(37)27-12-21(27)14-37/h1,5-8,10,19,21-22,26-27,33,40H,2,9,11-17H2,3H3/t19?,21-,22?,26?,27-,33?,37?/m0/s1. The zero-order valence-electron chi connectivity index (χ0n) is 26.1. The van der Waals surface area contributed by atoms with E-state index < -0.39 is 11.6 Å². The molecule has 4 aromatic rings. The second-order valence-corrected chi connectivity index (χ2v) is 14.5. The molecule has 4 saturated heterocycles. The molecule has 2 bridgehead atoms. The Bertz CT molecular complexity index is 2100. The Morgan fingerprint density at radius 2 is 2.06 bits per heavy atom. The maximum Gasteiger partial charge on any atom is 0.319 e. The van der Waals surface area contributed by atoms with Gasteiger partial charge in [-0.3, -0.25) is 4.90 Å². The van der Waals surface area contributed by atoms with E-state index in [-0.39, 0.29) is 52.4 Å². The predicted octanol–water partition coefficient (Wildman–Crippen LogP) is 5.37. The van der Waals surface area contributed by atoms with Crippen LogP contribution in [-0.4, -0.2) is 75.4 Å². The van der Waals surface area contributed by atoms with Gasteiger partial charge in [-0.2, -0.15) is 9.97 Å². The number of nitrogens with one attached hydrogen (secondary N) is 1. The summed E-state index contributed by atoms with van der Waals surface area (Å²) in [6.45, 7) is 8.34. The van der Waals surface area contributed by atoms with Crippen LogP contribution in [0.15, 0.2) is 42.5 Å². The minimum Gasteiger partial charge on any atom is -0.472 e. The zero-order chi connectivity index (χ0) is 31.8. The molecule has 238 valence electrons. The number of fused-ring (bicyclic) bond motifs is 9. The van der Waals surface area contributed by atoms with Gasteiger partial charge in [0.2, 0.25) is 5.88 Å². The van der Waals surface area contributed by atoms with Crippen LogP contribution >= 0.6 is 0 Å². The van der Waals surface area contributed by atoms with Crippen LogP contribution in [0.4, 0.5) is 14.6 Å². The topological polar surface area (TPSA) is 75.6 Å². The van der Waals surface area contributed by atoms with E-state index in [1.54, 1.807) is 18.2 Å². The highest BCUT2D eigenvalue weighted by Gasteiger charge is 2.62. The number of aromatic nitrogens is 3. The first-order chi connectivity index (χ1) is 22.8. The highest BCUT2D eigenvalue weighted by Crippen LogP contribution is 2.57. The molecule has 10 rings (SSSR count). The van der Waals surface area contributed by atoms with Crippen LogP contribution in [0.5, 0.6) is 11.9 Å². The molecule has 0 radical (unpaired) electrons. The second kappa shape index (κ2) is 9.61. The number of ether oxygens (including phenoxy) is 2. The number of piperidine rings is 1. The van der Waals surface area contributed by atoms with Gasteiger partial charge in [0.25, 0.3) is 0 Å². The molecule has 1 aliphatic carbocycles. The smallest absolute Gasteiger partial charge is 0.319 e. The Labute approximate surface area is 271 Å². The van der Waals surface area contributed by atoms with Crippen molar-refractivity contribution in [2.75, 3.05) is 24.6 Å². The number of pyridine rings is 1. The lowest BCUT2D eigenvalue weighted by atomic mass is 9.92. The summed E-state index contributed by atoms with van der Waals surface area (Å²) in [5, 5.41) is 5.27. The lowest BCUT2D eigenvalue weighted by molar-refractivity contribution is 0.0866. The Hall–Kier alpha value is -4.33. The van der Waals surface area contributed by atoms with Gasteiger partial charge in [-0.1, -0.05) is 42.3 Å². The largest absolute Gasteiger partial charge is 0.472 e. The van der Waals surface area contributed by atoms with Crippen LogP contribution in [0, 0.1) is 29.9 Å². The van der Waals surface area contributed by atoms with E-state index in [1.165, 1.54) is 18.1 Å². The average Bonchev–Trinajstić information content (AvgIpc) is 3.49. The third-order valence-corrected chi connectivity index (χ3v) is 11.6. The van der Waals surface area contributed by atoms with E-state index in [9.17, 15) is 4.39 Å². The first-order valence-electron chi connectivity index (χ1n) is 16.7. The third kappa shape index (κ3) is 3.90. The second-order valence-electron chi connectivity index (χ2n) is 14.5. The molecule has 8 nitrogen and oxygen atoms in total. The lowest BCUT2D eigenvalue weighted by Crippen LogP contribution is -2.62. The summed E-state index contributed by atoms with van der Waals surface area (Å²) < 4.78 is 45.3. The molecule has 5 unspecified atom stereocenters. The van der Waals surface area contributed by atoms with E-state index in [2.05, 4.69) is 27.6 Å². The Balaban J connectivity index is 1.17. The molecule has 0 spiro atoms. The Morgan fingerprint density at radius 3 is 2.94 bits per heavy atom. The summed E-state index contributed by atoms with van der Waals surface area (Å²) in [5.74, 6) is 2.81. The van der Waals surface area contributed by atoms with Gasteiger partial charge in [0.15, 0.2) is 5.82 Å². The van der Waals surface area contributed by atoms with Gasteiger partial charge in [0, 0.05) is 42.2 Å². The predicted molar refractivity (Wildman–Crippen MR) is 174 cm³/mol. The number of hydrogen-bond donors (Lipinski definition) is 1. The quantitative estimate of drug-likeness (QED) is 0.238. The van der Waals surface area contributed by atoms with Crippen LogP contribution in [-0.2, 0) is 0 Å². The number of hydrogen-bond acceptors (Lipinski definition) is 8. The van der Waals surface area contributed by atoms with Crippen LogP contribution in [0.2, 0.25) is 0 Å². The number of anilines is 1. The van der Waals surface area contributed by atoms with Gasteiger partial charge in [-0.25, -0.2) is 13.8 Å². The van der Waals surface area contributed by atoms with Gasteiger partial charge in [0.1, 0.15) is 40.9 Å². The molecule has 7 atom stereocenters. The monoisotopic (exact) mass is 632 g/mol. The summed E-state index contributed by atoms with van der Waals surface area (Å²) in [4.78, 5) is 19.4. The summed E-state index contributed by atoms with van der Waals surface area (Å²) in [5.41, 5.74) is 1.59. The zero-order valence-corrected chi connectivity index (χ0v) is 26.1. The van der Waals surface area contributed by atoms with E-state index in [0.717, 1.165) is 32.2 Å². The normalized spacial score (nSPS) is 31.7. The number of rotatable bonds is 4. The van der Waals surface area contributed by atoms with Crippen molar-refractivity contribution in [3.05, 3.63) is 59.7 Å². The minimum atomic E-state index is -0.652. The number of halogens is 2. The molecular weight excluding hydrogens is 598 g/mol. The van der Waals surface area contributed by atoms with Crippen molar-refractivity contribution in [2.24, 2.45) is 5.92 Å².